The maximum Gasteiger partial charge on any atom is 0.430 e. The molecule has 1 N–H and O–H groups in total. The fourth-order valence-corrected chi connectivity index (χ4v) is 1.69. The Morgan fingerprint density at radius 1 is 1.04 bits per heavy atom. The van der Waals surface area contributed by atoms with Crippen molar-refractivity contribution in [1.29, 1.82) is 0 Å². The van der Waals surface area contributed by atoms with Crippen molar-refractivity contribution in [1.82, 2.24) is 0 Å². The van der Waals surface area contributed by atoms with Gasteiger partial charge in [0.2, 0.25) is 0 Å². The number of carbonyl (C=O) groups excluding carboxylic acids is 1. The van der Waals surface area contributed by atoms with Crippen LogP contribution in [-0.4, -0.2) is 35.1 Å². The molecule has 0 fully saturated rings. The largest absolute Gasteiger partial charge is 0.458 e. The molecule has 0 aromatic carbocycles. The van der Waals surface area contributed by atoms with E-state index in [0.29, 0.717) is 0 Å². The Labute approximate surface area is 131 Å². The maximum absolute atomic E-state index is 13.0. The van der Waals surface area contributed by atoms with Gasteiger partial charge in [-0.3, -0.25) is 4.79 Å². The maximum atomic E-state index is 13.0. The molecule has 138 valence electrons. The van der Waals surface area contributed by atoms with Gasteiger partial charge in [-0.1, -0.05) is 20.8 Å². The van der Waals surface area contributed by atoms with Gasteiger partial charge in [-0.05, 0) is 32.6 Å². The van der Waals surface area contributed by atoms with Crippen molar-refractivity contribution < 1.29 is 41.0 Å². The smallest absolute Gasteiger partial charge is 0.430 e. The van der Waals surface area contributed by atoms with Crippen LogP contribution in [0.5, 0.6) is 0 Å². The first-order valence-corrected chi connectivity index (χ1v) is 7.07. The highest BCUT2D eigenvalue weighted by Gasteiger charge is 2.75. The molecule has 1 atom stereocenters. The van der Waals surface area contributed by atoms with Gasteiger partial charge in [0.25, 0.3) is 5.60 Å². The molecule has 0 saturated heterocycles. The summed E-state index contributed by atoms with van der Waals surface area (Å²) in [5.74, 6) is -1.90. The SMILES string of the molecule is CCC(C)(C)C(=O)OC(CC(C)C)C(O)(C(F)(F)F)C(F)(F)F. The highest BCUT2D eigenvalue weighted by atomic mass is 19.4. The molecule has 0 aliphatic rings. The molecule has 0 aliphatic carbocycles. The van der Waals surface area contributed by atoms with Gasteiger partial charge in [0.05, 0.1) is 5.41 Å². The second-order valence-electron chi connectivity index (χ2n) is 6.52. The average Bonchev–Trinajstić information content (AvgIpc) is 2.33. The minimum absolute atomic E-state index is 0.150. The average molecular weight is 352 g/mol. The van der Waals surface area contributed by atoms with Crippen LogP contribution < -0.4 is 0 Å². The number of ether oxygens (including phenoxy) is 1. The zero-order valence-electron chi connectivity index (χ0n) is 13.6. The van der Waals surface area contributed by atoms with E-state index in [1.54, 1.807) is 6.92 Å². The highest BCUT2D eigenvalue weighted by molar-refractivity contribution is 5.76. The van der Waals surface area contributed by atoms with E-state index in [2.05, 4.69) is 4.74 Å². The zero-order valence-corrected chi connectivity index (χ0v) is 13.6. The Morgan fingerprint density at radius 3 is 1.70 bits per heavy atom. The predicted molar refractivity (Wildman–Crippen MR) is 70.5 cm³/mol. The van der Waals surface area contributed by atoms with E-state index in [0.717, 1.165) is 0 Å². The van der Waals surface area contributed by atoms with E-state index in [-0.39, 0.29) is 6.42 Å². The molecule has 0 saturated carbocycles. The lowest BCUT2D eigenvalue weighted by molar-refractivity contribution is -0.392. The van der Waals surface area contributed by atoms with Gasteiger partial charge in [0, 0.05) is 0 Å². The summed E-state index contributed by atoms with van der Waals surface area (Å²) in [4.78, 5) is 11.9. The van der Waals surface area contributed by atoms with E-state index < -0.39 is 47.8 Å². The Kier molecular flexibility index (Phi) is 6.57. The molecule has 0 heterocycles. The van der Waals surface area contributed by atoms with Crippen LogP contribution in [0.15, 0.2) is 0 Å². The third-order valence-electron chi connectivity index (χ3n) is 3.70. The van der Waals surface area contributed by atoms with E-state index in [9.17, 15) is 36.2 Å². The monoisotopic (exact) mass is 352 g/mol. The van der Waals surface area contributed by atoms with Gasteiger partial charge < -0.3 is 9.84 Å². The van der Waals surface area contributed by atoms with Crippen LogP contribution in [0.25, 0.3) is 0 Å². The fraction of sp³-hybridized carbons (Fsp3) is 0.929. The molecule has 0 aliphatic heterocycles. The molecule has 0 bridgehead atoms. The summed E-state index contributed by atoms with van der Waals surface area (Å²) in [5.41, 5.74) is -6.39. The molecule has 0 radical (unpaired) electrons. The molecule has 9 heteroatoms. The number of aliphatic hydroxyl groups is 1. The van der Waals surface area contributed by atoms with Gasteiger partial charge in [0.15, 0.2) is 0 Å². The molecule has 0 spiro atoms. The Hall–Kier alpha value is -0.990. The van der Waals surface area contributed by atoms with Crippen molar-refractivity contribution in [3.05, 3.63) is 0 Å². The van der Waals surface area contributed by atoms with Crippen molar-refractivity contribution in [2.24, 2.45) is 11.3 Å². The molecular formula is C14H22F6O3. The summed E-state index contributed by atoms with van der Waals surface area (Å²) in [5, 5.41) is 9.45. The second-order valence-corrected chi connectivity index (χ2v) is 6.52. The third-order valence-corrected chi connectivity index (χ3v) is 3.70. The number of carbonyl (C=O) groups is 1. The van der Waals surface area contributed by atoms with Crippen molar-refractivity contribution >= 4 is 5.97 Å². The van der Waals surface area contributed by atoms with Crippen molar-refractivity contribution in [3.63, 3.8) is 0 Å². The minimum Gasteiger partial charge on any atom is -0.458 e. The van der Waals surface area contributed by atoms with Crippen LogP contribution in [0.4, 0.5) is 26.3 Å². The number of halogens is 6. The first-order chi connectivity index (χ1) is 10.0. The highest BCUT2D eigenvalue weighted by Crippen LogP contribution is 2.48. The molecular weight excluding hydrogens is 330 g/mol. The van der Waals surface area contributed by atoms with Gasteiger partial charge in [0.1, 0.15) is 6.10 Å². The number of esters is 1. The van der Waals surface area contributed by atoms with Crippen LogP contribution in [0.1, 0.15) is 47.5 Å². The molecule has 0 aromatic heterocycles. The van der Waals surface area contributed by atoms with Crippen LogP contribution in [0.3, 0.4) is 0 Å². The number of alkyl halides is 6. The van der Waals surface area contributed by atoms with Gasteiger partial charge in [-0.2, -0.15) is 26.3 Å². The number of hydrogen-bond donors (Lipinski definition) is 1. The van der Waals surface area contributed by atoms with Crippen molar-refractivity contribution in [2.75, 3.05) is 0 Å². The first kappa shape index (κ1) is 22.0. The summed E-state index contributed by atoms with van der Waals surface area (Å²) in [6.07, 6.45) is -15.5. The van der Waals surface area contributed by atoms with Gasteiger partial charge >= 0.3 is 18.3 Å². The van der Waals surface area contributed by atoms with Crippen LogP contribution in [0, 0.1) is 11.3 Å². The first-order valence-electron chi connectivity index (χ1n) is 7.07. The molecule has 0 aromatic rings. The zero-order chi connectivity index (χ0) is 18.9. The summed E-state index contributed by atoms with van der Waals surface area (Å²) in [6, 6.07) is 0. The van der Waals surface area contributed by atoms with Crippen LogP contribution in [-0.2, 0) is 9.53 Å². The Morgan fingerprint density at radius 2 is 1.43 bits per heavy atom. The lowest BCUT2D eigenvalue weighted by atomic mass is 9.87. The lowest BCUT2D eigenvalue weighted by Crippen LogP contribution is -2.65. The third kappa shape index (κ3) is 4.74. The Bertz CT molecular complexity index is 398. The molecule has 0 amide bonds. The normalized spacial score (nSPS) is 15.7. The van der Waals surface area contributed by atoms with E-state index in [4.69, 9.17) is 0 Å². The molecule has 1 unspecified atom stereocenters. The van der Waals surface area contributed by atoms with Crippen molar-refractivity contribution in [2.45, 2.75) is 71.5 Å². The summed E-state index contributed by atoms with van der Waals surface area (Å²) < 4.78 is 82.3. The van der Waals surface area contributed by atoms with Gasteiger partial charge in [-0.15, -0.1) is 0 Å². The minimum atomic E-state index is -6.04. The van der Waals surface area contributed by atoms with E-state index in [1.807, 2.05) is 0 Å². The van der Waals surface area contributed by atoms with E-state index >= 15 is 0 Å². The molecule has 23 heavy (non-hydrogen) atoms. The summed E-state index contributed by atoms with van der Waals surface area (Å²) >= 11 is 0. The van der Waals surface area contributed by atoms with Crippen molar-refractivity contribution in [3.8, 4) is 0 Å². The number of rotatable bonds is 6. The predicted octanol–water partition coefficient (Wildman–Crippen LogP) is 4.24. The molecule has 0 rings (SSSR count). The second kappa shape index (κ2) is 6.86. The lowest BCUT2D eigenvalue weighted by Gasteiger charge is -2.39. The quantitative estimate of drug-likeness (QED) is 0.575. The van der Waals surface area contributed by atoms with Crippen LogP contribution >= 0.6 is 0 Å². The molecule has 3 nitrogen and oxygen atoms in total. The Balaban J connectivity index is 5.90. The standard InChI is InChI=1S/C14H22F6O3/c1-6-11(4,5)10(21)23-9(7-8(2)3)12(22,13(15,16)17)14(18,19)20/h8-9,22H,6-7H2,1-5H3. The summed E-state index contributed by atoms with van der Waals surface area (Å²) in [7, 11) is 0. The van der Waals surface area contributed by atoms with E-state index in [1.165, 1.54) is 27.7 Å². The summed E-state index contributed by atoms with van der Waals surface area (Å²) in [6.45, 7) is 6.93. The van der Waals surface area contributed by atoms with Gasteiger partial charge in [-0.25, -0.2) is 0 Å². The number of hydrogen-bond acceptors (Lipinski definition) is 3. The topological polar surface area (TPSA) is 46.5 Å². The fourth-order valence-electron chi connectivity index (χ4n) is 1.69. The van der Waals surface area contributed by atoms with Crippen LogP contribution in [0.2, 0.25) is 0 Å².